The molecule has 0 aliphatic heterocycles. The zero-order valence-corrected chi connectivity index (χ0v) is 11.4. The Hall–Kier alpha value is -2.88. The molecule has 2 aromatic rings. The molecule has 0 unspecified atom stereocenters. The largest absolute Gasteiger partial charge is 0.504 e. The molecule has 0 atom stereocenters. The summed E-state index contributed by atoms with van der Waals surface area (Å²) < 4.78 is 4.91. The second-order valence-corrected chi connectivity index (χ2v) is 4.32. The van der Waals surface area contributed by atoms with Crippen molar-refractivity contribution in [2.45, 2.75) is 0 Å². The van der Waals surface area contributed by atoms with Crippen LogP contribution in [0.15, 0.2) is 54.6 Å². The van der Waals surface area contributed by atoms with E-state index < -0.39 is 11.6 Å². The Bertz CT molecular complexity index is 687. The highest BCUT2D eigenvalue weighted by Crippen LogP contribution is 2.26. The number of hydrogen-bond donors (Lipinski definition) is 1. The third-order valence-electron chi connectivity index (χ3n) is 2.89. The number of benzene rings is 2. The van der Waals surface area contributed by atoms with Gasteiger partial charge < -0.3 is 9.84 Å². The Morgan fingerprint density at radius 3 is 2.48 bits per heavy atom. The molecule has 0 aliphatic carbocycles. The van der Waals surface area contributed by atoms with Gasteiger partial charge in [0, 0.05) is 5.56 Å². The minimum Gasteiger partial charge on any atom is -0.504 e. The van der Waals surface area contributed by atoms with Gasteiger partial charge in [-0.2, -0.15) is 0 Å². The summed E-state index contributed by atoms with van der Waals surface area (Å²) in [5.41, 5.74) is 1.01. The van der Waals surface area contributed by atoms with Gasteiger partial charge in [0.2, 0.25) is 11.6 Å². The topological polar surface area (TPSA) is 63.6 Å². The second-order valence-electron chi connectivity index (χ2n) is 4.32. The van der Waals surface area contributed by atoms with E-state index in [4.69, 9.17) is 4.74 Å². The van der Waals surface area contributed by atoms with Crippen molar-refractivity contribution in [1.29, 1.82) is 0 Å². The number of ketones is 2. The van der Waals surface area contributed by atoms with Crippen molar-refractivity contribution in [3.63, 3.8) is 0 Å². The molecule has 2 aromatic carbocycles. The van der Waals surface area contributed by atoms with Crippen molar-refractivity contribution in [2.75, 3.05) is 7.11 Å². The number of rotatable bonds is 5. The number of ether oxygens (including phenoxy) is 1. The number of carbonyl (C=O) groups is 2. The zero-order chi connectivity index (χ0) is 15.2. The third kappa shape index (κ3) is 3.57. The fourth-order valence-corrected chi connectivity index (χ4v) is 1.77. The van der Waals surface area contributed by atoms with Crippen molar-refractivity contribution in [1.82, 2.24) is 0 Å². The molecule has 0 saturated heterocycles. The normalized spacial score (nSPS) is 10.5. The van der Waals surface area contributed by atoms with E-state index in [1.807, 2.05) is 30.3 Å². The van der Waals surface area contributed by atoms with Gasteiger partial charge in [-0.05, 0) is 29.8 Å². The van der Waals surface area contributed by atoms with Crippen LogP contribution in [0, 0.1) is 0 Å². The van der Waals surface area contributed by atoms with E-state index in [9.17, 15) is 14.7 Å². The predicted molar refractivity (Wildman–Crippen MR) is 79.5 cm³/mol. The molecular weight excluding hydrogens is 268 g/mol. The smallest absolute Gasteiger partial charge is 0.233 e. The van der Waals surface area contributed by atoms with Gasteiger partial charge in [-0.25, -0.2) is 0 Å². The number of carbonyl (C=O) groups excluding carboxylic acids is 2. The molecular formula is C17H14O4. The average Bonchev–Trinajstić information content (AvgIpc) is 2.53. The van der Waals surface area contributed by atoms with Crippen molar-refractivity contribution >= 4 is 17.6 Å². The van der Waals surface area contributed by atoms with Crippen molar-refractivity contribution < 1.29 is 19.4 Å². The van der Waals surface area contributed by atoms with Crippen LogP contribution in [-0.2, 0) is 4.79 Å². The molecule has 0 aromatic heterocycles. The van der Waals surface area contributed by atoms with Crippen molar-refractivity contribution in [3.8, 4) is 11.5 Å². The van der Waals surface area contributed by atoms with E-state index in [1.54, 1.807) is 6.08 Å². The first-order valence-corrected chi connectivity index (χ1v) is 6.30. The Kier molecular flexibility index (Phi) is 4.51. The molecule has 106 valence electrons. The first-order valence-electron chi connectivity index (χ1n) is 6.30. The molecule has 2 rings (SSSR count). The van der Waals surface area contributed by atoms with Gasteiger partial charge in [-0.1, -0.05) is 36.4 Å². The third-order valence-corrected chi connectivity index (χ3v) is 2.89. The zero-order valence-electron chi connectivity index (χ0n) is 11.4. The molecule has 0 radical (unpaired) electrons. The molecule has 0 heterocycles. The number of phenols is 1. The van der Waals surface area contributed by atoms with Gasteiger partial charge in [0.1, 0.15) is 0 Å². The Labute approximate surface area is 122 Å². The highest BCUT2D eigenvalue weighted by Gasteiger charge is 2.15. The molecule has 0 saturated carbocycles. The van der Waals surface area contributed by atoms with Crippen molar-refractivity contribution in [2.24, 2.45) is 0 Å². The molecule has 21 heavy (non-hydrogen) atoms. The molecule has 0 aliphatic rings. The molecule has 0 spiro atoms. The number of aromatic hydroxyl groups is 1. The predicted octanol–water partition coefficient (Wildman–Crippen LogP) is 2.87. The van der Waals surface area contributed by atoms with Crippen LogP contribution in [0.1, 0.15) is 15.9 Å². The van der Waals surface area contributed by atoms with E-state index in [0.717, 1.165) is 5.56 Å². The summed E-state index contributed by atoms with van der Waals surface area (Å²) in [6.07, 6.45) is 2.81. The van der Waals surface area contributed by atoms with Crippen LogP contribution in [0.25, 0.3) is 6.08 Å². The van der Waals surface area contributed by atoms with E-state index in [0.29, 0.717) is 0 Å². The molecule has 0 fully saturated rings. The second kappa shape index (κ2) is 6.52. The Morgan fingerprint density at radius 2 is 1.81 bits per heavy atom. The highest BCUT2D eigenvalue weighted by atomic mass is 16.5. The number of Topliss-reactive ketones (excluding diaryl/α,β-unsaturated/α-hetero) is 1. The summed E-state index contributed by atoms with van der Waals surface area (Å²) in [5, 5.41) is 9.47. The minimum absolute atomic E-state index is 0.0821. The lowest BCUT2D eigenvalue weighted by Crippen LogP contribution is -2.11. The number of hydrogen-bond acceptors (Lipinski definition) is 4. The van der Waals surface area contributed by atoms with Gasteiger partial charge in [0.05, 0.1) is 7.11 Å². The van der Waals surface area contributed by atoms with Crippen LogP contribution < -0.4 is 4.74 Å². The summed E-state index contributed by atoms with van der Waals surface area (Å²) in [6, 6.07) is 13.3. The quantitative estimate of drug-likeness (QED) is 0.520. The van der Waals surface area contributed by atoms with Gasteiger partial charge in [-0.15, -0.1) is 0 Å². The van der Waals surface area contributed by atoms with E-state index >= 15 is 0 Å². The molecule has 1 N–H and O–H groups in total. The van der Waals surface area contributed by atoms with Gasteiger partial charge in [0.25, 0.3) is 0 Å². The standard InChI is InChI=1S/C17H14O4/c1-21-16-11-13(8-10-14(16)18)17(20)15(19)9-7-12-5-3-2-4-6-12/h2-11,18H,1H3. The van der Waals surface area contributed by atoms with Crippen LogP contribution in [0.4, 0.5) is 0 Å². The van der Waals surface area contributed by atoms with Gasteiger partial charge in [-0.3, -0.25) is 9.59 Å². The molecule has 0 amide bonds. The Morgan fingerprint density at radius 1 is 1.10 bits per heavy atom. The lowest BCUT2D eigenvalue weighted by molar-refractivity contribution is -0.110. The maximum Gasteiger partial charge on any atom is 0.233 e. The fourth-order valence-electron chi connectivity index (χ4n) is 1.77. The summed E-state index contributed by atoms with van der Waals surface area (Å²) >= 11 is 0. The fraction of sp³-hybridized carbons (Fsp3) is 0.0588. The lowest BCUT2D eigenvalue weighted by Gasteiger charge is -2.04. The SMILES string of the molecule is COc1cc(C(=O)C(=O)C=Cc2ccccc2)ccc1O. The van der Waals surface area contributed by atoms with E-state index in [-0.39, 0.29) is 17.1 Å². The first-order chi connectivity index (χ1) is 10.1. The van der Waals surface area contributed by atoms with Crippen LogP contribution >= 0.6 is 0 Å². The highest BCUT2D eigenvalue weighted by molar-refractivity contribution is 6.48. The summed E-state index contributed by atoms with van der Waals surface area (Å²) in [7, 11) is 1.38. The van der Waals surface area contributed by atoms with Crippen LogP contribution in [0.5, 0.6) is 11.5 Å². The van der Waals surface area contributed by atoms with Crippen LogP contribution in [0.2, 0.25) is 0 Å². The van der Waals surface area contributed by atoms with Gasteiger partial charge >= 0.3 is 0 Å². The summed E-state index contributed by atoms with van der Waals surface area (Å²) in [4.78, 5) is 23.9. The van der Waals surface area contributed by atoms with Crippen molar-refractivity contribution in [3.05, 3.63) is 65.7 Å². The lowest BCUT2D eigenvalue weighted by atomic mass is 10.1. The van der Waals surface area contributed by atoms with Gasteiger partial charge in [0.15, 0.2) is 11.5 Å². The molecule has 4 heteroatoms. The number of methoxy groups -OCH3 is 1. The molecule has 4 nitrogen and oxygen atoms in total. The monoisotopic (exact) mass is 282 g/mol. The summed E-state index contributed by atoms with van der Waals surface area (Å²) in [5.74, 6) is -1.21. The average molecular weight is 282 g/mol. The van der Waals surface area contributed by atoms with Crippen LogP contribution in [-0.4, -0.2) is 23.8 Å². The summed E-state index contributed by atoms with van der Waals surface area (Å²) in [6.45, 7) is 0. The number of phenolic OH excluding ortho intramolecular Hbond substituents is 1. The maximum atomic E-state index is 12.0. The van der Waals surface area contributed by atoms with Crippen LogP contribution in [0.3, 0.4) is 0 Å². The Balaban J connectivity index is 2.16. The maximum absolute atomic E-state index is 12.0. The van der Waals surface area contributed by atoms with E-state index in [2.05, 4.69) is 0 Å². The first kappa shape index (κ1) is 14.5. The number of allylic oxidation sites excluding steroid dienone is 1. The minimum atomic E-state index is -0.652. The molecule has 0 bridgehead atoms. The van der Waals surface area contributed by atoms with E-state index in [1.165, 1.54) is 31.4 Å².